The van der Waals surface area contributed by atoms with Gasteiger partial charge in [-0.3, -0.25) is 18.4 Å². The number of carbonyl (C=O) groups is 1. The monoisotopic (exact) mass is 296 g/mol. The van der Waals surface area contributed by atoms with E-state index in [4.69, 9.17) is 18.3 Å². The van der Waals surface area contributed by atoms with Crippen molar-refractivity contribution in [3.05, 3.63) is 0 Å². The zero-order valence-corrected chi connectivity index (χ0v) is 12.9. The van der Waals surface area contributed by atoms with Crippen molar-refractivity contribution in [3.63, 3.8) is 0 Å². The van der Waals surface area contributed by atoms with Crippen molar-refractivity contribution in [1.82, 2.24) is 0 Å². The predicted octanol–water partition coefficient (Wildman–Crippen LogP) is 3.31. The maximum atomic E-state index is 12.2. The molecule has 0 amide bonds. The van der Waals surface area contributed by atoms with Crippen molar-refractivity contribution in [2.24, 2.45) is 0 Å². The molecule has 0 unspecified atom stereocenters. The molecule has 0 aliphatic heterocycles. The second-order valence-corrected chi connectivity index (χ2v) is 5.66. The molecule has 0 radical (unpaired) electrons. The van der Waals surface area contributed by atoms with Crippen LogP contribution in [0.2, 0.25) is 0 Å². The summed E-state index contributed by atoms with van der Waals surface area (Å²) in [6.45, 7) is 6.00. The number of phosphoric ester groups is 1. The summed E-state index contributed by atoms with van der Waals surface area (Å²) in [5.74, 6) is -0.405. The summed E-state index contributed by atoms with van der Waals surface area (Å²) in [5.41, 5.74) is 0. The number of rotatable bonds is 12. The third-order valence-corrected chi connectivity index (χ3v) is 3.63. The lowest BCUT2D eigenvalue weighted by molar-refractivity contribution is -0.141. The van der Waals surface area contributed by atoms with Crippen molar-refractivity contribution in [3.8, 4) is 0 Å². The van der Waals surface area contributed by atoms with Gasteiger partial charge >= 0.3 is 13.8 Å². The van der Waals surface area contributed by atoms with E-state index < -0.39 is 13.8 Å². The second-order valence-electron chi connectivity index (χ2n) is 3.99. The summed E-state index contributed by atoms with van der Waals surface area (Å²) >= 11 is 0. The van der Waals surface area contributed by atoms with Gasteiger partial charge in [-0.05, 0) is 12.8 Å². The van der Waals surface area contributed by atoms with Gasteiger partial charge in [0.25, 0.3) is 0 Å². The minimum absolute atomic E-state index is 0.00485. The smallest absolute Gasteiger partial charge is 0.463 e. The van der Waals surface area contributed by atoms with Crippen molar-refractivity contribution < 1.29 is 27.7 Å². The highest BCUT2D eigenvalue weighted by Gasteiger charge is 2.26. The van der Waals surface area contributed by atoms with E-state index in [1.807, 2.05) is 13.8 Å². The van der Waals surface area contributed by atoms with Gasteiger partial charge in [-0.25, -0.2) is 4.57 Å². The minimum Gasteiger partial charge on any atom is -0.463 e. The highest BCUT2D eigenvalue weighted by molar-refractivity contribution is 7.48. The standard InChI is InChI=1S/C12H25O6P/c1-4-6-8-16-19(14,17-9-7-5-2)18-11-10-15-12(3)13/h4-11H2,1-3H3. The van der Waals surface area contributed by atoms with E-state index in [1.165, 1.54) is 6.92 Å². The van der Waals surface area contributed by atoms with E-state index >= 15 is 0 Å². The first kappa shape index (κ1) is 18.6. The van der Waals surface area contributed by atoms with Crippen LogP contribution < -0.4 is 0 Å². The summed E-state index contributed by atoms with van der Waals surface area (Å²) in [4.78, 5) is 10.6. The molecule has 0 N–H and O–H groups in total. The van der Waals surface area contributed by atoms with Gasteiger partial charge in [0.2, 0.25) is 0 Å². The van der Waals surface area contributed by atoms with Crippen molar-refractivity contribution in [1.29, 1.82) is 0 Å². The van der Waals surface area contributed by atoms with Crippen LogP contribution in [0, 0.1) is 0 Å². The molecule has 0 rings (SSSR count). The molecular weight excluding hydrogens is 271 g/mol. The summed E-state index contributed by atoms with van der Waals surface area (Å²) in [6.07, 6.45) is 3.44. The molecule has 0 aromatic rings. The first-order valence-corrected chi connectivity index (χ1v) is 8.17. The van der Waals surface area contributed by atoms with Crippen LogP contribution in [0.15, 0.2) is 0 Å². The maximum Gasteiger partial charge on any atom is 0.474 e. The molecule has 0 saturated carbocycles. The van der Waals surface area contributed by atoms with Gasteiger partial charge in [0, 0.05) is 6.92 Å². The molecule has 0 aromatic heterocycles. The molecule has 0 heterocycles. The molecule has 7 heteroatoms. The van der Waals surface area contributed by atoms with Crippen molar-refractivity contribution >= 4 is 13.8 Å². The normalized spacial score (nSPS) is 11.5. The highest BCUT2D eigenvalue weighted by atomic mass is 31.2. The summed E-state index contributed by atoms with van der Waals surface area (Å²) in [5, 5.41) is 0. The Bertz CT molecular complexity index is 267. The zero-order chi connectivity index (χ0) is 14.6. The van der Waals surface area contributed by atoms with Crippen LogP contribution in [-0.2, 0) is 27.7 Å². The highest BCUT2D eigenvalue weighted by Crippen LogP contribution is 2.49. The molecule has 0 bridgehead atoms. The topological polar surface area (TPSA) is 71.1 Å². The molecule has 114 valence electrons. The Balaban J connectivity index is 4.07. The number of phosphoric acid groups is 1. The molecular formula is C12H25O6P. The lowest BCUT2D eigenvalue weighted by atomic mass is 10.4. The number of hydrogen-bond acceptors (Lipinski definition) is 6. The van der Waals surface area contributed by atoms with E-state index in [0.717, 1.165) is 25.7 Å². The average Bonchev–Trinajstić information content (AvgIpc) is 2.35. The van der Waals surface area contributed by atoms with Crippen molar-refractivity contribution in [2.45, 2.75) is 46.5 Å². The Hall–Kier alpha value is -0.420. The summed E-state index contributed by atoms with van der Waals surface area (Å²) in [6, 6.07) is 0. The molecule has 0 fully saturated rings. The van der Waals surface area contributed by atoms with Gasteiger partial charge in [0.05, 0.1) is 19.8 Å². The Morgan fingerprint density at radius 2 is 1.37 bits per heavy atom. The quantitative estimate of drug-likeness (QED) is 0.312. The van der Waals surface area contributed by atoms with Crippen LogP contribution >= 0.6 is 7.82 Å². The Kier molecular flexibility index (Phi) is 11.2. The molecule has 19 heavy (non-hydrogen) atoms. The fourth-order valence-electron chi connectivity index (χ4n) is 1.09. The third-order valence-electron chi connectivity index (χ3n) is 2.13. The maximum absolute atomic E-state index is 12.2. The number of carbonyl (C=O) groups excluding carboxylic acids is 1. The van der Waals surface area contributed by atoms with Gasteiger partial charge in [-0.2, -0.15) is 0 Å². The fourth-order valence-corrected chi connectivity index (χ4v) is 2.31. The van der Waals surface area contributed by atoms with Crippen LogP contribution in [-0.4, -0.2) is 32.4 Å². The second kappa shape index (κ2) is 11.4. The van der Waals surface area contributed by atoms with E-state index in [9.17, 15) is 9.36 Å². The van der Waals surface area contributed by atoms with E-state index in [0.29, 0.717) is 13.2 Å². The van der Waals surface area contributed by atoms with E-state index in [1.54, 1.807) is 0 Å². The molecule has 6 nitrogen and oxygen atoms in total. The molecule has 0 saturated heterocycles. The molecule has 0 atom stereocenters. The minimum atomic E-state index is -3.53. The van der Waals surface area contributed by atoms with Crippen molar-refractivity contribution in [2.75, 3.05) is 26.4 Å². The third kappa shape index (κ3) is 11.1. The number of unbranched alkanes of at least 4 members (excludes halogenated alkanes) is 2. The summed E-state index contributed by atoms with van der Waals surface area (Å²) < 4.78 is 32.4. The SMILES string of the molecule is CCCCOP(=O)(OCCCC)OCCOC(C)=O. The van der Waals surface area contributed by atoms with Gasteiger partial charge < -0.3 is 4.74 Å². The first-order valence-electron chi connectivity index (χ1n) is 6.71. The van der Waals surface area contributed by atoms with Gasteiger partial charge in [-0.15, -0.1) is 0 Å². The number of ether oxygens (including phenoxy) is 1. The lowest BCUT2D eigenvalue weighted by Gasteiger charge is -2.17. The Morgan fingerprint density at radius 1 is 0.895 bits per heavy atom. The zero-order valence-electron chi connectivity index (χ0n) is 12.1. The number of esters is 1. The largest absolute Gasteiger partial charge is 0.474 e. The fraction of sp³-hybridized carbons (Fsp3) is 0.917. The predicted molar refractivity (Wildman–Crippen MR) is 71.9 cm³/mol. The van der Waals surface area contributed by atoms with Crippen LogP contribution in [0.1, 0.15) is 46.5 Å². The number of hydrogen-bond donors (Lipinski definition) is 0. The molecule has 0 aliphatic rings. The average molecular weight is 296 g/mol. The van der Waals surface area contributed by atoms with Crippen LogP contribution in [0.3, 0.4) is 0 Å². The first-order chi connectivity index (χ1) is 9.04. The Labute approximate surface area is 115 Å². The van der Waals surface area contributed by atoms with Crippen LogP contribution in [0.25, 0.3) is 0 Å². The van der Waals surface area contributed by atoms with Crippen LogP contribution in [0.5, 0.6) is 0 Å². The van der Waals surface area contributed by atoms with Gasteiger partial charge in [-0.1, -0.05) is 26.7 Å². The van der Waals surface area contributed by atoms with Gasteiger partial charge in [0.1, 0.15) is 6.61 Å². The molecule has 0 aromatic carbocycles. The van der Waals surface area contributed by atoms with E-state index in [-0.39, 0.29) is 13.2 Å². The summed E-state index contributed by atoms with van der Waals surface area (Å²) in [7, 11) is -3.53. The Morgan fingerprint density at radius 3 is 1.79 bits per heavy atom. The lowest BCUT2D eigenvalue weighted by Crippen LogP contribution is -2.09. The molecule has 0 aliphatic carbocycles. The van der Waals surface area contributed by atoms with Crippen LogP contribution in [0.4, 0.5) is 0 Å². The molecule has 0 spiro atoms. The van der Waals surface area contributed by atoms with E-state index in [2.05, 4.69) is 0 Å². The van der Waals surface area contributed by atoms with Gasteiger partial charge in [0.15, 0.2) is 0 Å².